The molecule has 3 aromatic heterocycles. The molecular weight excluding hydrogens is 370 g/mol. The summed E-state index contributed by atoms with van der Waals surface area (Å²) in [7, 11) is 1.74. The zero-order chi connectivity index (χ0) is 19.3. The van der Waals surface area contributed by atoms with E-state index in [1.54, 1.807) is 11.6 Å². The molecule has 0 N–H and O–H groups in total. The monoisotopic (exact) mass is 389 g/mol. The first kappa shape index (κ1) is 17.2. The number of terminal acetylenes is 1. The van der Waals surface area contributed by atoms with Crippen molar-refractivity contribution in [2.24, 2.45) is 7.05 Å². The smallest absolute Gasteiger partial charge is 0.272 e. The molecule has 6 nitrogen and oxygen atoms in total. The molecule has 0 radical (unpaired) electrons. The second-order valence-electron chi connectivity index (χ2n) is 7.11. The van der Waals surface area contributed by atoms with Crippen LogP contribution in [0, 0.1) is 12.3 Å². The van der Waals surface area contributed by atoms with Gasteiger partial charge in [-0.25, -0.2) is 0 Å². The van der Waals surface area contributed by atoms with E-state index in [9.17, 15) is 4.79 Å². The Bertz CT molecular complexity index is 1290. The Kier molecular flexibility index (Phi) is 4.04. The van der Waals surface area contributed by atoms with E-state index in [-0.39, 0.29) is 11.6 Å². The topological polar surface area (TPSA) is 55.4 Å². The maximum Gasteiger partial charge on any atom is 0.272 e. The molecule has 3 heterocycles. The van der Waals surface area contributed by atoms with Crippen molar-refractivity contribution in [3.8, 4) is 12.3 Å². The Hall–Kier alpha value is -2.95. The van der Waals surface area contributed by atoms with Crippen molar-refractivity contribution in [2.75, 3.05) is 6.54 Å². The van der Waals surface area contributed by atoms with Crippen molar-refractivity contribution in [3.05, 3.63) is 63.0 Å². The van der Waals surface area contributed by atoms with E-state index in [4.69, 9.17) is 6.42 Å². The van der Waals surface area contributed by atoms with Crippen molar-refractivity contribution in [1.82, 2.24) is 24.1 Å². The number of benzene rings is 1. The Labute approximate surface area is 166 Å². The van der Waals surface area contributed by atoms with Crippen molar-refractivity contribution in [1.29, 1.82) is 0 Å². The van der Waals surface area contributed by atoms with Crippen LogP contribution in [0.15, 0.2) is 40.5 Å². The SMILES string of the molecule is C#CCN(Cc1nnc2n(C)c(=O)c3sccc3n12)[C@H]1CCc2ccccc21. The fourth-order valence-corrected chi connectivity index (χ4v) is 5.10. The minimum absolute atomic E-state index is 0.0401. The molecular formula is C21H19N5OS. The number of nitrogens with zero attached hydrogens (tertiary/aromatic N) is 5. The minimum Gasteiger partial charge on any atom is -0.279 e. The summed E-state index contributed by atoms with van der Waals surface area (Å²) in [6, 6.07) is 10.8. The van der Waals surface area contributed by atoms with Gasteiger partial charge >= 0.3 is 0 Å². The third-order valence-electron chi connectivity index (χ3n) is 5.58. The van der Waals surface area contributed by atoms with Gasteiger partial charge in [0, 0.05) is 13.1 Å². The standard InChI is InChI=1S/C21H19N5OS/c1-3-11-25(16-9-8-14-6-4-5-7-15(14)16)13-18-22-23-21-24(2)20(27)19-17(26(18)21)10-12-28-19/h1,4-7,10,12,16H,8-9,11,13H2,2H3/t16-/m0/s1. The number of hydrogen-bond donors (Lipinski definition) is 0. The van der Waals surface area contributed by atoms with Gasteiger partial charge in [0.1, 0.15) is 4.70 Å². The molecule has 1 atom stereocenters. The van der Waals surface area contributed by atoms with Crippen LogP contribution in [0.25, 0.3) is 16.0 Å². The van der Waals surface area contributed by atoms with Crippen molar-refractivity contribution >= 4 is 27.3 Å². The van der Waals surface area contributed by atoms with Crippen LogP contribution < -0.4 is 5.56 Å². The summed E-state index contributed by atoms with van der Waals surface area (Å²) in [4.78, 5) is 14.8. The summed E-state index contributed by atoms with van der Waals surface area (Å²) in [5, 5.41) is 10.7. The predicted molar refractivity (Wildman–Crippen MR) is 110 cm³/mol. The van der Waals surface area contributed by atoms with Crippen molar-refractivity contribution < 1.29 is 0 Å². The highest BCUT2D eigenvalue weighted by molar-refractivity contribution is 7.17. The summed E-state index contributed by atoms with van der Waals surface area (Å²) in [5.41, 5.74) is 3.56. The lowest BCUT2D eigenvalue weighted by molar-refractivity contribution is 0.207. The van der Waals surface area contributed by atoms with Crippen molar-refractivity contribution in [2.45, 2.75) is 25.4 Å². The van der Waals surface area contributed by atoms with Crippen LogP contribution in [0.4, 0.5) is 0 Å². The van der Waals surface area contributed by atoms with Crippen LogP contribution in [0.2, 0.25) is 0 Å². The Morgan fingerprint density at radius 1 is 1.32 bits per heavy atom. The van der Waals surface area contributed by atoms with E-state index >= 15 is 0 Å². The van der Waals surface area contributed by atoms with Crippen LogP contribution in [0.1, 0.15) is 29.4 Å². The fraction of sp³-hybridized carbons (Fsp3) is 0.286. The molecule has 1 aromatic carbocycles. The quantitative estimate of drug-likeness (QED) is 0.504. The third kappa shape index (κ3) is 2.49. The lowest BCUT2D eigenvalue weighted by atomic mass is 10.1. The zero-order valence-electron chi connectivity index (χ0n) is 15.5. The molecule has 1 aliphatic carbocycles. The highest BCUT2D eigenvalue weighted by atomic mass is 32.1. The Morgan fingerprint density at radius 3 is 3.04 bits per heavy atom. The number of fused-ring (bicyclic) bond motifs is 4. The summed E-state index contributed by atoms with van der Waals surface area (Å²) in [5.74, 6) is 4.16. The van der Waals surface area contributed by atoms with Crippen LogP contribution >= 0.6 is 11.3 Å². The lowest BCUT2D eigenvalue weighted by Gasteiger charge is -2.27. The highest BCUT2D eigenvalue weighted by Gasteiger charge is 2.28. The first-order valence-electron chi connectivity index (χ1n) is 9.24. The largest absolute Gasteiger partial charge is 0.279 e. The zero-order valence-corrected chi connectivity index (χ0v) is 16.3. The maximum atomic E-state index is 12.5. The van der Waals surface area contributed by atoms with Crippen LogP contribution in [0.3, 0.4) is 0 Å². The fourth-order valence-electron chi connectivity index (χ4n) is 4.24. The van der Waals surface area contributed by atoms with Crippen LogP contribution in [-0.2, 0) is 20.0 Å². The van der Waals surface area contributed by atoms with E-state index in [1.165, 1.54) is 22.5 Å². The molecule has 7 heteroatoms. The summed E-state index contributed by atoms with van der Waals surface area (Å²) < 4.78 is 4.26. The molecule has 0 amide bonds. The van der Waals surface area contributed by atoms with E-state index in [0.29, 0.717) is 23.6 Å². The Balaban J connectivity index is 1.61. The highest BCUT2D eigenvalue weighted by Crippen LogP contribution is 2.36. The average molecular weight is 389 g/mol. The van der Waals surface area contributed by atoms with Gasteiger partial charge in [-0.1, -0.05) is 30.2 Å². The van der Waals surface area contributed by atoms with Crippen LogP contribution in [-0.4, -0.2) is 30.6 Å². The van der Waals surface area contributed by atoms with Gasteiger partial charge in [0.05, 0.1) is 18.6 Å². The molecule has 5 rings (SSSR count). The first-order chi connectivity index (χ1) is 13.7. The average Bonchev–Trinajstić information content (AvgIpc) is 3.43. The van der Waals surface area contributed by atoms with Gasteiger partial charge in [-0.15, -0.1) is 28.0 Å². The maximum absolute atomic E-state index is 12.5. The lowest BCUT2D eigenvalue weighted by Crippen LogP contribution is -2.29. The van der Waals surface area contributed by atoms with E-state index < -0.39 is 0 Å². The molecule has 0 saturated carbocycles. The van der Waals surface area contributed by atoms with Gasteiger partial charge in [-0.05, 0) is 35.4 Å². The minimum atomic E-state index is -0.0401. The molecule has 0 aliphatic heterocycles. The van der Waals surface area contributed by atoms with Crippen LogP contribution in [0.5, 0.6) is 0 Å². The Morgan fingerprint density at radius 2 is 2.18 bits per heavy atom. The first-order valence-corrected chi connectivity index (χ1v) is 10.1. The number of aryl methyl sites for hydroxylation is 2. The second-order valence-corrected chi connectivity index (χ2v) is 8.03. The number of thiophene rings is 1. The molecule has 28 heavy (non-hydrogen) atoms. The predicted octanol–water partition coefficient (Wildman–Crippen LogP) is 2.77. The van der Waals surface area contributed by atoms with E-state index in [2.05, 4.69) is 45.3 Å². The molecule has 0 spiro atoms. The van der Waals surface area contributed by atoms with Crippen molar-refractivity contribution in [3.63, 3.8) is 0 Å². The number of hydrogen-bond acceptors (Lipinski definition) is 5. The molecule has 4 aromatic rings. The molecule has 0 unspecified atom stereocenters. The van der Waals surface area contributed by atoms with Gasteiger partial charge in [0.15, 0.2) is 5.82 Å². The van der Waals surface area contributed by atoms with Gasteiger partial charge in [-0.2, -0.15) is 0 Å². The summed E-state index contributed by atoms with van der Waals surface area (Å²) in [6.07, 6.45) is 7.81. The summed E-state index contributed by atoms with van der Waals surface area (Å²) in [6.45, 7) is 1.11. The molecule has 0 saturated heterocycles. The summed E-state index contributed by atoms with van der Waals surface area (Å²) >= 11 is 1.44. The molecule has 0 fully saturated rings. The normalized spacial score (nSPS) is 16.1. The van der Waals surface area contributed by atoms with Gasteiger partial charge in [0.2, 0.25) is 5.78 Å². The third-order valence-corrected chi connectivity index (χ3v) is 6.47. The molecule has 140 valence electrons. The second kappa shape index (κ2) is 6.59. The van der Waals surface area contributed by atoms with Gasteiger partial charge < -0.3 is 0 Å². The van der Waals surface area contributed by atoms with E-state index in [1.807, 2.05) is 15.8 Å². The van der Waals surface area contributed by atoms with Gasteiger partial charge in [-0.3, -0.25) is 18.7 Å². The number of aromatic nitrogens is 4. The van der Waals surface area contributed by atoms with E-state index in [0.717, 1.165) is 24.2 Å². The molecule has 1 aliphatic rings. The number of rotatable bonds is 4. The van der Waals surface area contributed by atoms with Gasteiger partial charge in [0.25, 0.3) is 5.56 Å². The molecule has 0 bridgehead atoms.